The molecule has 0 atom stereocenters. The van der Waals surface area contributed by atoms with Crippen molar-refractivity contribution in [1.29, 1.82) is 0 Å². The van der Waals surface area contributed by atoms with E-state index in [-0.39, 0.29) is 7.43 Å². The molecule has 4 saturated carbocycles. The second kappa shape index (κ2) is 3.23. The third-order valence-electron chi connectivity index (χ3n) is 5.43. The lowest BCUT2D eigenvalue weighted by Crippen LogP contribution is -2.65. The predicted octanol–water partition coefficient (Wildman–Crippen LogP) is 3.30. The molecular formula is C14H28N+. The molecule has 0 N–H and O–H groups in total. The summed E-state index contributed by atoms with van der Waals surface area (Å²) >= 11 is 0. The highest BCUT2D eigenvalue weighted by atomic mass is 15.3. The summed E-state index contributed by atoms with van der Waals surface area (Å²) < 4.78 is 1.22. The third kappa shape index (κ3) is 1.54. The zero-order chi connectivity index (χ0) is 9.97. The van der Waals surface area contributed by atoms with Gasteiger partial charge >= 0.3 is 0 Å². The third-order valence-corrected chi connectivity index (χ3v) is 5.43. The highest BCUT2D eigenvalue weighted by Gasteiger charge is 2.57. The first kappa shape index (κ1) is 11.4. The molecule has 0 aromatic carbocycles. The first-order chi connectivity index (χ1) is 6.48. The van der Waals surface area contributed by atoms with E-state index in [1.807, 2.05) is 0 Å². The Balaban J connectivity index is 0.000000853. The van der Waals surface area contributed by atoms with Crippen molar-refractivity contribution < 1.29 is 4.48 Å². The number of quaternary nitrogens is 1. The molecule has 0 aromatic rings. The van der Waals surface area contributed by atoms with Crippen molar-refractivity contribution >= 4 is 0 Å². The average Bonchev–Trinajstić information content (AvgIpc) is 1.98. The lowest BCUT2D eigenvalue weighted by molar-refractivity contribution is -0.930. The van der Waals surface area contributed by atoms with E-state index in [4.69, 9.17) is 0 Å². The van der Waals surface area contributed by atoms with Crippen molar-refractivity contribution in [2.24, 2.45) is 17.8 Å². The van der Waals surface area contributed by atoms with Crippen LogP contribution in [-0.2, 0) is 0 Å². The molecule has 0 amide bonds. The molecule has 4 fully saturated rings. The Bertz CT molecular complexity index is 213. The van der Waals surface area contributed by atoms with E-state index in [2.05, 4.69) is 21.1 Å². The van der Waals surface area contributed by atoms with Gasteiger partial charge in [0.05, 0.1) is 26.7 Å². The zero-order valence-electron chi connectivity index (χ0n) is 9.92. The summed E-state index contributed by atoms with van der Waals surface area (Å²) in [4.78, 5) is 0. The molecule has 4 aliphatic rings. The Morgan fingerprint density at radius 2 is 1.13 bits per heavy atom. The molecule has 4 rings (SSSR count). The molecule has 15 heavy (non-hydrogen) atoms. The molecule has 1 nitrogen and oxygen atoms in total. The van der Waals surface area contributed by atoms with E-state index in [1.54, 1.807) is 19.3 Å². The molecular weight excluding hydrogens is 182 g/mol. The van der Waals surface area contributed by atoms with Crippen molar-refractivity contribution in [2.45, 2.75) is 51.5 Å². The molecule has 4 bridgehead atoms. The minimum Gasteiger partial charge on any atom is -0.326 e. The Kier molecular flexibility index (Phi) is 2.46. The van der Waals surface area contributed by atoms with Crippen LogP contribution in [0, 0.1) is 17.8 Å². The summed E-state index contributed by atoms with van der Waals surface area (Å²) in [7, 11) is 7.27. The first-order valence-electron chi connectivity index (χ1n) is 6.30. The number of nitrogens with zero attached hydrogens (tertiary/aromatic N) is 1. The molecule has 0 heterocycles. The summed E-state index contributed by atoms with van der Waals surface area (Å²) in [5.41, 5.74) is 0.675. The van der Waals surface area contributed by atoms with E-state index < -0.39 is 0 Å². The Morgan fingerprint density at radius 3 is 1.40 bits per heavy atom. The molecule has 0 saturated heterocycles. The van der Waals surface area contributed by atoms with E-state index in [0.717, 1.165) is 17.8 Å². The molecule has 0 unspecified atom stereocenters. The normalized spacial score (nSPS) is 47.8. The molecule has 0 radical (unpaired) electrons. The Labute approximate surface area is 95.4 Å². The lowest BCUT2D eigenvalue weighted by Gasteiger charge is -2.61. The maximum absolute atomic E-state index is 2.42. The summed E-state index contributed by atoms with van der Waals surface area (Å²) in [5.74, 6) is 3.29. The molecule has 88 valence electrons. The Morgan fingerprint density at radius 1 is 0.800 bits per heavy atom. The highest BCUT2D eigenvalue weighted by Crippen LogP contribution is 2.58. The fourth-order valence-electron chi connectivity index (χ4n) is 4.89. The van der Waals surface area contributed by atoms with Gasteiger partial charge in [0, 0.05) is 19.3 Å². The van der Waals surface area contributed by atoms with Gasteiger partial charge < -0.3 is 4.48 Å². The van der Waals surface area contributed by atoms with Crippen LogP contribution in [0.1, 0.15) is 46.0 Å². The minimum absolute atomic E-state index is 0. The predicted molar refractivity (Wildman–Crippen MR) is 65.7 cm³/mol. The van der Waals surface area contributed by atoms with Crippen molar-refractivity contribution in [3.05, 3.63) is 0 Å². The van der Waals surface area contributed by atoms with Crippen LogP contribution in [0.4, 0.5) is 0 Å². The molecule has 4 aliphatic carbocycles. The van der Waals surface area contributed by atoms with E-state index in [0.29, 0.717) is 5.54 Å². The van der Waals surface area contributed by atoms with E-state index >= 15 is 0 Å². The van der Waals surface area contributed by atoms with Gasteiger partial charge in [-0.25, -0.2) is 0 Å². The maximum Gasteiger partial charge on any atom is 0.0994 e. The van der Waals surface area contributed by atoms with E-state index in [9.17, 15) is 0 Å². The minimum atomic E-state index is 0. The van der Waals surface area contributed by atoms with Crippen molar-refractivity contribution in [3.63, 3.8) is 0 Å². The van der Waals surface area contributed by atoms with Crippen LogP contribution >= 0.6 is 0 Å². The summed E-state index contributed by atoms with van der Waals surface area (Å²) in [5, 5.41) is 0. The first-order valence-corrected chi connectivity index (χ1v) is 6.30. The van der Waals surface area contributed by atoms with Gasteiger partial charge in [0.15, 0.2) is 0 Å². The summed E-state index contributed by atoms with van der Waals surface area (Å²) in [6, 6.07) is 0. The quantitative estimate of drug-likeness (QED) is 0.583. The molecule has 1 heteroatoms. The second-order valence-corrected chi connectivity index (χ2v) is 7.15. The Hall–Kier alpha value is -0.0400. The van der Waals surface area contributed by atoms with Crippen LogP contribution in [0.5, 0.6) is 0 Å². The number of hydrogen-bond donors (Lipinski definition) is 0. The molecule has 0 spiro atoms. The topological polar surface area (TPSA) is 0 Å². The van der Waals surface area contributed by atoms with Gasteiger partial charge in [0.2, 0.25) is 0 Å². The van der Waals surface area contributed by atoms with Gasteiger partial charge in [-0.2, -0.15) is 0 Å². The number of rotatable bonds is 1. The maximum atomic E-state index is 2.42. The van der Waals surface area contributed by atoms with Crippen molar-refractivity contribution in [2.75, 3.05) is 21.1 Å². The fourth-order valence-corrected chi connectivity index (χ4v) is 4.89. The van der Waals surface area contributed by atoms with Gasteiger partial charge in [-0.05, 0) is 37.0 Å². The van der Waals surface area contributed by atoms with Crippen LogP contribution in [0.2, 0.25) is 0 Å². The summed E-state index contributed by atoms with van der Waals surface area (Å²) in [6.07, 6.45) is 9.30. The largest absolute Gasteiger partial charge is 0.326 e. The second-order valence-electron chi connectivity index (χ2n) is 7.15. The zero-order valence-corrected chi connectivity index (χ0v) is 9.92. The van der Waals surface area contributed by atoms with Gasteiger partial charge in [-0.3, -0.25) is 0 Å². The van der Waals surface area contributed by atoms with Crippen LogP contribution < -0.4 is 0 Å². The van der Waals surface area contributed by atoms with Crippen LogP contribution in [0.15, 0.2) is 0 Å². The smallest absolute Gasteiger partial charge is 0.0994 e. The fraction of sp³-hybridized carbons (Fsp3) is 1.00. The van der Waals surface area contributed by atoms with Crippen LogP contribution in [-0.4, -0.2) is 31.2 Å². The van der Waals surface area contributed by atoms with Crippen LogP contribution in [0.3, 0.4) is 0 Å². The lowest BCUT2D eigenvalue weighted by atomic mass is 9.52. The van der Waals surface area contributed by atoms with Gasteiger partial charge in [0.25, 0.3) is 0 Å². The average molecular weight is 210 g/mol. The number of hydrogen-bond acceptors (Lipinski definition) is 0. The summed E-state index contributed by atoms with van der Waals surface area (Å²) in [6.45, 7) is 0. The van der Waals surface area contributed by atoms with Gasteiger partial charge in [-0.15, -0.1) is 0 Å². The standard InChI is InChI=1S/C13H24N.CH4/c1-14(2,3)13-7-10-4-11(8-13)6-12(5-10)9-13;/h10-12H,4-9H2,1-3H3;1H4/q+1;. The highest BCUT2D eigenvalue weighted by molar-refractivity contribution is 5.02. The van der Waals surface area contributed by atoms with Crippen LogP contribution in [0.25, 0.3) is 0 Å². The molecule has 0 aliphatic heterocycles. The SMILES string of the molecule is C.C[N+](C)(C)C12CC3CC(CC(C3)C1)C2. The van der Waals surface area contributed by atoms with Crippen molar-refractivity contribution in [3.8, 4) is 0 Å². The molecule has 0 aromatic heterocycles. The van der Waals surface area contributed by atoms with Gasteiger partial charge in [0.1, 0.15) is 0 Å². The van der Waals surface area contributed by atoms with Crippen molar-refractivity contribution in [1.82, 2.24) is 0 Å². The van der Waals surface area contributed by atoms with E-state index in [1.165, 1.54) is 23.7 Å². The van der Waals surface area contributed by atoms with Gasteiger partial charge in [-0.1, -0.05) is 7.43 Å². The monoisotopic (exact) mass is 210 g/mol.